The van der Waals surface area contributed by atoms with E-state index in [0.29, 0.717) is 11.6 Å². The lowest BCUT2D eigenvalue weighted by Crippen LogP contribution is -1.96. The van der Waals surface area contributed by atoms with E-state index in [1.165, 1.54) is 0 Å². The molecule has 116 heavy (non-hydrogen) atoms. The average molecular weight is 1480 g/mol. The molecule has 0 radical (unpaired) electrons. The molecule has 0 saturated carbocycles. The summed E-state index contributed by atoms with van der Waals surface area (Å²) in [5, 5.41) is 3.29. The molecule has 544 valence electrons. The summed E-state index contributed by atoms with van der Waals surface area (Å²) in [7, 11) is 0. The smallest absolute Gasteiger partial charge is 0.160 e. The van der Waals surface area contributed by atoms with Gasteiger partial charge in [0.15, 0.2) is 11.6 Å². The fourth-order valence-corrected chi connectivity index (χ4v) is 14.6. The van der Waals surface area contributed by atoms with E-state index >= 15 is 0 Å². The van der Waals surface area contributed by atoms with E-state index in [-0.39, 0.29) is 0 Å². The van der Waals surface area contributed by atoms with Gasteiger partial charge in [0.25, 0.3) is 0 Å². The maximum atomic E-state index is 5.13. The number of pyridine rings is 6. The molecule has 0 N–H and O–H groups in total. The maximum absolute atomic E-state index is 5.13. The van der Waals surface area contributed by atoms with Crippen molar-refractivity contribution in [3.63, 3.8) is 0 Å². The first-order valence-electron chi connectivity index (χ1n) is 38.6. The highest BCUT2D eigenvalue weighted by atomic mass is 14.9. The van der Waals surface area contributed by atoms with Crippen LogP contribution in [-0.4, -0.2) is 49.8 Å². The lowest BCUT2D eigenvalue weighted by Gasteiger charge is -2.11. The minimum atomic E-state index is 0.696. The zero-order chi connectivity index (χ0) is 77.4. The summed E-state index contributed by atoms with van der Waals surface area (Å²) in [5.74, 6) is 1.39. The van der Waals surface area contributed by atoms with Crippen LogP contribution in [0.5, 0.6) is 0 Å². The molecule has 8 aromatic heterocycles. The molecule has 20 aromatic rings. The van der Waals surface area contributed by atoms with Gasteiger partial charge in [-0.3, -0.25) is 15.0 Å². The summed E-state index contributed by atoms with van der Waals surface area (Å²) < 4.78 is 0. The maximum Gasteiger partial charge on any atom is 0.160 e. The van der Waals surface area contributed by atoms with Gasteiger partial charge in [0.2, 0.25) is 0 Å². The summed E-state index contributed by atoms with van der Waals surface area (Å²) in [6.07, 6.45) is 5.71. The van der Waals surface area contributed by atoms with Gasteiger partial charge in [0.05, 0.1) is 73.8 Å². The van der Waals surface area contributed by atoms with Crippen molar-refractivity contribution in [2.24, 2.45) is 0 Å². The topological polar surface area (TPSA) is 129 Å². The van der Waals surface area contributed by atoms with Crippen LogP contribution in [0.3, 0.4) is 0 Å². The largest absolute Gasteiger partial charge is 0.254 e. The molecule has 12 aromatic carbocycles. The Kier molecular flexibility index (Phi) is 19.6. The standard InChI is InChI=1S/2C53H35N5/c1-4-12-36(13-5-1)45-32-50(56-51(33-45)52-46-19-11-10-14-40(46)30-31-54-52)47-29-28-44(35-55-47)39-22-20-37(21-23-39)38-24-26-43(27-25-38)53-57-48(41-15-6-2-7-16-41)34-49(58-53)42-17-8-3-9-18-42;1-4-12-36(13-5-1)45-32-51(56-52(33-45)48-31-28-42-18-10-11-19-46(42)55-48)47-30-29-44(35-54-47)39-22-20-37(21-23-39)38-24-26-43(27-25-38)53-57-49(40-14-6-2-7-15-40)34-50(58-53)41-16-8-3-9-17-41/h2*1-35H. The highest BCUT2D eigenvalue weighted by Gasteiger charge is 2.19. The normalized spacial score (nSPS) is 11.1. The van der Waals surface area contributed by atoms with Gasteiger partial charge in [-0.1, -0.05) is 340 Å². The Morgan fingerprint density at radius 3 is 0.845 bits per heavy atom. The fourth-order valence-electron chi connectivity index (χ4n) is 14.6. The number of hydrogen-bond donors (Lipinski definition) is 0. The van der Waals surface area contributed by atoms with Crippen LogP contribution in [0.15, 0.2) is 425 Å². The zero-order valence-corrected chi connectivity index (χ0v) is 62.9. The van der Waals surface area contributed by atoms with E-state index in [0.717, 1.165) is 190 Å². The Morgan fingerprint density at radius 2 is 0.448 bits per heavy atom. The fraction of sp³-hybridized carbons (Fsp3) is 0. The van der Waals surface area contributed by atoms with Gasteiger partial charge in [-0.15, -0.1) is 0 Å². The minimum absolute atomic E-state index is 0.696. The van der Waals surface area contributed by atoms with Gasteiger partial charge in [0.1, 0.15) is 0 Å². The molecule has 0 aliphatic carbocycles. The highest BCUT2D eigenvalue weighted by molar-refractivity contribution is 5.95. The second-order valence-electron chi connectivity index (χ2n) is 28.3. The number of benzene rings is 12. The monoisotopic (exact) mass is 1480 g/mol. The lowest BCUT2D eigenvalue weighted by molar-refractivity contribution is 1.18. The molecule has 10 nitrogen and oxygen atoms in total. The second kappa shape index (κ2) is 32.3. The van der Waals surface area contributed by atoms with Crippen molar-refractivity contribution in [2.45, 2.75) is 0 Å². The van der Waals surface area contributed by atoms with Crippen LogP contribution < -0.4 is 0 Å². The summed E-state index contributed by atoms with van der Waals surface area (Å²) in [5.41, 5.74) is 30.3. The average Bonchev–Trinajstić information content (AvgIpc) is 0.790. The van der Waals surface area contributed by atoms with Gasteiger partial charge >= 0.3 is 0 Å². The number of nitrogens with zero attached hydrogens (tertiary/aromatic N) is 10. The Balaban J connectivity index is 0.000000155. The number of fused-ring (bicyclic) bond motifs is 2. The lowest BCUT2D eigenvalue weighted by atomic mass is 9.99. The highest BCUT2D eigenvalue weighted by Crippen LogP contribution is 2.38. The molecule has 10 heteroatoms. The van der Waals surface area contributed by atoms with Crippen LogP contribution in [-0.2, 0) is 0 Å². The van der Waals surface area contributed by atoms with Crippen LogP contribution in [0.4, 0.5) is 0 Å². The van der Waals surface area contributed by atoms with Crippen molar-refractivity contribution in [1.82, 2.24) is 49.8 Å². The summed E-state index contributed by atoms with van der Waals surface area (Å²) in [6, 6.07) is 140. The van der Waals surface area contributed by atoms with E-state index in [1.54, 1.807) is 0 Å². The number of rotatable bonds is 16. The van der Waals surface area contributed by atoms with Crippen molar-refractivity contribution in [3.05, 3.63) is 425 Å². The van der Waals surface area contributed by atoms with Crippen molar-refractivity contribution in [2.75, 3.05) is 0 Å². The number of aromatic nitrogens is 10. The summed E-state index contributed by atoms with van der Waals surface area (Å²) in [6.45, 7) is 0. The predicted octanol–water partition coefficient (Wildman–Crippen LogP) is 26.3. The van der Waals surface area contributed by atoms with Gasteiger partial charge in [-0.05, 0) is 128 Å². The predicted molar refractivity (Wildman–Crippen MR) is 473 cm³/mol. The van der Waals surface area contributed by atoms with E-state index in [9.17, 15) is 0 Å². The van der Waals surface area contributed by atoms with Crippen LogP contribution in [0.1, 0.15) is 0 Å². The molecule has 8 heterocycles. The summed E-state index contributed by atoms with van der Waals surface area (Å²) in [4.78, 5) is 49.8. The van der Waals surface area contributed by atoms with E-state index in [2.05, 4.69) is 279 Å². The SMILES string of the molecule is c1ccc(-c2cc(-c3ccc(-c4ccc(-c5ccc(-c6nc(-c7ccccc7)cc(-c7ccccc7)n6)cc5)cc4)cn3)nc(-c3ccc4ccccc4n3)c2)cc1.c1ccc(-c2cc(-c3ccc(-c4ccc(-c5ccc(-c6nc(-c7ccccc7)cc(-c7ccccc7)n6)cc5)cc4)cn3)nc(-c3nccc4ccccc34)c2)cc1. The third-order valence-corrected chi connectivity index (χ3v) is 20.8. The van der Waals surface area contributed by atoms with Gasteiger partial charge < -0.3 is 0 Å². The van der Waals surface area contributed by atoms with E-state index < -0.39 is 0 Å². The molecule has 0 amide bonds. The van der Waals surface area contributed by atoms with Gasteiger partial charge in [-0.25, -0.2) is 34.9 Å². The molecule has 20 rings (SSSR count). The third kappa shape index (κ3) is 15.4. The van der Waals surface area contributed by atoms with Crippen LogP contribution in [0.2, 0.25) is 0 Å². The molecule has 0 unspecified atom stereocenters. The Hall–Kier alpha value is -15.8. The van der Waals surface area contributed by atoms with Crippen LogP contribution >= 0.6 is 0 Å². The van der Waals surface area contributed by atoms with Crippen molar-refractivity contribution in [1.29, 1.82) is 0 Å². The van der Waals surface area contributed by atoms with E-state index in [1.807, 2.05) is 146 Å². The Bertz CT molecular complexity index is 6720. The van der Waals surface area contributed by atoms with Gasteiger partial charge in [0, 0.05) is 73.9 Å². The summed E-state index contributed by atoms with van der Waals surface area (Å²) >= 11 is 0. The molecule has 0 saturated heterocycles. The molecule has 0 atom stereocenters. The molecular weight excluding hydrogens is 1410 g/mol. The third-order valence-electron chi connectivity index (χ3n) is 20.8. The second-order valence-corrected chi connectivity index (χ2v) is 28.3. The molecular formula is C106H70N10. The number of hydrogen-bond acceptors (Lipinski definition) is 10. The molecule has 0 fully saturated rings. The van der Waals surface area contributed by atoms with Crippen LogP contribution in [0, 0.1) is 0 Å². The minimum Gasteiger partial charge on any atom is -0.254 e. The molecule has 0 spiro atoms. The number of para-hydroxylation sites is 1. The quantitative estimate of drug-likeness (QED) is 0.0922. The van der Waals surface area contributed by atoms with E-state index in [4.69, 9.17) is 49.8 Å². The van der Waals surface area contributed by atoms with Gasteiger partial charge in [-0.2, -0.15) is 0 Å². The molecule has 0 aliphatic heterocycles. The Labute approximate surface area is 672 Å². The van der Waals surface area contributed by atoms with Crippen molar-refractivity contribution < 1.29 is 0 Å². The Morgan fingerprint density at radius 1 is 0.147 bits per heavy atom. The first-order chi connectivity index (χ1) is 57.4. The molecule has 0 aliphatic rings. The van der Waals surface area contributed by atoms with Crippen molar-refractivity contribution in [3.8, 4) is 180 Å². The van der Waals surface area contributed by atoms with Crippen molar-refractivity contribution >= 4 is 21.7 Å². The first kappa shape index (κ1) is 70.6. The van der Waals surface area contributed by atoms with Crippen LogP contribution in [0.25, 0.3) is 202 Å². The first-order valence-corrected chi connectivity index (χ1v) is 38.6. The zero-order valence-electron chi connectivity index (χ0n) is 62.9. The molecule has 0 bridgehead atoms.